The van der Waals surface area contributed by atoms with Gasteiger partial charge in [-0.25, -0.2) is 9.59 Å². The van der Waals surface area contributed by atoms with Crippen LogP contribution in [-0.4, -0.2) is 57.8 Å². The molecular weight excluding hydrogens is 310 g/mol. The van der Waals surface area contributed by atoms with Gasteiger partial charge in [-0.15, -0.1) is 0 Å². The van der Waals surface area contributed by atoms with Gasteiger partial charge in [0.05, 0.1) is 7.11 Å². The molecule has 0 aliphatic heterocycles. The highest BCUT2D eigenvalue weighted by molar-refractivity contribution is 5.94. The van der Waals surface area contributed by atoms with Crippen LogP contribution in [0.3, 0.4) is 0 Å². The first-order chi connectivity index (χ1) is 11.3. The van der Waals surface area contributed by atoms with E-state index in [1.807, 2.05) is 45.0 Å². The molecule has 0 aliphatic rings. The maximum Gasteiger partial charge on any atom is 0.344 e. The third kappa shape index (κ3) is 5.53. The molecule has 0 atom stereocenters. The van der Waals surface area contributed by atoms with Crippen LogP contribution in [0.2, 0.25) is 0 Å². The summed E-state index contributed by atoms with van der Waals surface area (Å²) < 4.78 is 15.6. The SMILES string of the molecule is COC(=O)c1c(C)ccc(C(C)C)c1OCC(=O)OCCN(C)C. The predicted octanol–water partition coefficient (Wildman–Crippen LogP) is 2.39. The smallest absolute Gasteiger partial charge is 0.344 e. The van der Waals surface area contributed by atoms with Gasteiger partial charge in [-0.1, -0.05) is 26.0 Å². The standard InChI is InChI=1S/C18H27NO5/c1-12(2)14-8-7-13(3)16(18(21)22-6)17(14)24-11-15(20)23-10-9-19(4)5/h7-8,12H,9-11H2,1-6H3. The average Bonchev–Trinajstić information content (AvgIpc) is 2.51. The molecule has 0 bridgehead atoms. The molecule has 0 spiro atoms. The van der Waals surface area contributed by atoms with Crippen molar-refractivity contribution >= 4 is 11.9 Å². The summed E-state index contributed by atoms with van der Waals surface area (Å²) in [5, 5.41) is 0. The molecule has 1 aromatic carbocycles. The van der Waals surface area contributed by atoms with Crippen molar-refractivity contribution in [2.45, 2.75) is 26.7 Å². The molecule has 0 aromatic heterocycles. The van der Waals surface area contributed by atoms with Crippen LogP contribution < -0.4 is 4.74 Å². The number of likely N-dealkylation sites (N-methyl/N-ethyl adjacent to an activating group) is 1. The third-order valence-electron chi connectivity index (χ3n) is 3.54. The Bertz CT molecular complexity index is 581. The van der Waals surface area contributed by atoms with Crippen molar-refractivity contribution < 1.29 is 23.8 Å². The number of carbonyl (C=O) groups is 2. The molecule has 0 saturated heterocycles. The van der Waals surface area contributed by atoms with E-state index in [9.17, 15) is 9.59 Å². The lowest BCUT2D eigenvalue weighted by atomic mass is 9.96. The maximum absolute atomic E-state index is 12.1. The Morgan fingerprint density at radius 3 is 2.42 bits per heavy atom. The van der Waals surface area contributed by atoms with E-state index < -0.39 is 11.9 Å². The number of methoxy groups -OCH3 is 1. The number of ether oxygens (including phenoxy) is 3. The second-order valence-electron chi connectivity index (χ2n) is 6.13. The number of carbonyl (C=O) groups excluding carboxylic acids is 2. The molecule has 0 fully saturated rings. The summed E-state index contributed by atoms with van der Waals surface area (Å²) in [4.78, 5) is 25.8. The van der Waals surface area contributed by atoms with Crippen molar-refractivity contribution in [3.8, 4) is 5.75 Å². The van der Waals surface area contributed by atoms with E-state index in [2.05, 4.69) is 0 Å². The molecule has 0 radical (unpaired) electrons. The van der Waals surface area contributed by atoms with Crippen LogP contribution >= 0.6 is 0 Å². The van der Waals surface area contributed by atoms with Gasteiger partial charge in [-0.3, -0.25) is 0 Å². The van der Waals surface area contributed by atoms with Crippen LogP contribution in [0.1, 0.15) is 41.3 Å². The highest BCUT2D eigenvalue weighted by Crippen LogP contribution is 2.33. The van der Waals surface area contributed by atoms with E-state index in [1.165, 1.54) is 7.11 Å². The molecule has 6 nitrogen and oxygen atoms in total. The summed E-state index contributed by atoms with van der Waals surface area (Å²) in [6, 6.07) is 3.75. The molecular formula is C18H27NO5. The molecule has 0 amide bonds. The van der Waals surface area contributed by atoms with E-state index in [4.69, 9.17) is 14.2 Å². The largest absolute Gasteiger partial charge is 0.481 e. The lowest BCUT2D eigenvalue weighted by Gasteiger charge is -2.18. The van der Waals surface area contributed by atoms with Crippen molar-refractivity contribution in [2.75, 3.05) is 41.0 Å². The second-order valence-corrected chi connectivity index (χ2v) is 6.13. The number of benzene rings is 1. The molecule has 0 N–H and O–H groups in total. The van der Waals surface area contributed by atoms with Gasteiger partial charge in [0.1, 0.15) is 17.9 Å². The van der Waals surface area contributed by atoms with Crippen molar-refractivity contribution in [1.29, 1.82) is 0 Å². The van der Waals surface area contributed by atoms with Gasteiger partial charge in [-0.2, -0.15) is 0 Å². The minimum Gasteiger partial charge on any atom is -0.481 e. The van der Waals surface area contributed by atoms with Gasteiger partial charge in [0.25, 0.3) is 0 Å². The van der Waals surface area contributed by atoms with Gasteiger partial charge >= 0.3 is 11.9 Å². The number of esters is 2. The van der Waals surface area contributed by atoms with Crippen molar-refractivity contribution in [1.82, 2.24) is 4.90 Å². The number of hydrogen-bond acceptors (Lipinski definition) is 6. The summed E-state index contributed by atoms with van der Waals surface area (Å²) in [7, 11) is 5.12. The van der Waals surface area contributed by atoms with Gasteiger partial charge in [-0.05, 0) is 38.1 Å². The molecule has 134 valence electrons. The van der Waals surface area contributed by atoms with Crippen molar-refractivity contribution in [2.24, 2.45) is 0 Å². The van der Waals surface area contributed by atoms with Crippen LogP contribution in [0.25, 0.3) is 0 Å². The zero-order valence-electron chi connectivity index (χ0n) is 15.3. The highest BCUT2D eigenvalue weighted by Gasteiger charge is 2.22. The zero-order chi connectivity index (χ0) is 18.3. The Kier molecular flexibility index (Phi) is 7.71. The molecule has 0 aliphatic carbocycles. The van der Waals surface area contributed by atoms with Crippen molar-refractivity contribution in [3.63, 3.8) is 0 Å². The fourth-order valence-electron chi connectivity index (χ4n) is 2.18. The van der Waals surface area contributed by atoms with Crippen LogP contribution in [0.4, 0.5) is 0 Å². The molecule has 24 heavy (non-hydrogen) atoms. The van der Waals surface area contributed by atoms with E-state index in [1.54, 1.807) is 6.92 Å². The molecule has 0 heterocycles. The van der Waals surface area contributed by atoms with E-state index in [0.717, 1.165) is 11.1 Å². The predicted molar refractivity (Wildman–Crippen MR) is 91.6 cm³/mol. The molecule has 0 saturated carbocycles. The van der Waals surface area contributed by atoms with Crippen LogP contribution in [0.15, 0.2) is 12.1 Å². The van der Waals surface area contributed by atoms with Crippen LogP contribution in [0, 0.1) is 6.92 Å². The lowest BCUT2D eigenvalue weighted by molar-refractivity contribution is -0.146. The minimum absolute atomic E-state index is 0.133. The summed E-state index contributed by atoms with van der Waals surface area (Å²) in [6.45, 7) is 6.48. The quantitative estimate of drug-likeness (QED) is 0.679. The first-order valence-electron chi connectivity index (χ1n) is 7.92. The Morgan fingerprint density at radius 1 is 1.21 bits per heavy atom. The third-order valence-corrected chi connectivity index (χ3v) is 3.54. The summed E-state index contributed by atoms with van der Waals surface area (Å²) in [5.41, 5.74) is 1.94. The Hall–Kier alpha value is -2.08. The van der Waals surface area contributed by atoms with Crippen LogP contribution in [-0.2, 0) is 14.3 Å². The summed E-state index contributed by atoms with van der Waals surface area (Å²) in [5.74, 6) is -0.426. The monoisotopic (exact) mass is 337 g/mol. The summed E-state index contributed by atoms with van der Waals surface area (Å²) >= 11 is 0. The summed E-state index contributed by atoms with van der Waals surface area (Å²) in [6.07, 6.45) is 0. The molecule has 6 heteroatoms. The minimum atomic E-state index is -0.481. The van der Waals surface area contributed by atoms with Gasteiger partial charge < -0.3 is 19.1 Å². The number of aryl methyl sites for hydroxylation is 1. The Balaban J connectivity index is 2.94. The molecule has 1 rings (SSSR count). The lowest BCUT2D eigenvalue weighted by Crippen LogP contribution is -2.23. The van der Waals surface area contributed by atoms with E-state index >= 15 is 0 Å². The molecule has 0 unspecified atom stereocenters. The maximum atomic E-state index is 12.1. The fourth-order valence-corrected chi connectivity index (χ4v) is 2.18. The fraction of sp³-hybridized carbons (Fsp3) is 0.556. The van der Waals surface area contributed by atoms with E-state index in [-0.39, 0.29) is 12.5 Å². The number of nitrogens with zero attached hydrogens (tertiary/aromatic N) is 1. The number of hydrogen-bond donors (Lipinski definition) is 0. The second kappa shape index (κ2) is 9.27. The molecule has 1 aromatic rings. The van der Waals surface area contributed by atoms with Gasteiger partial charge in [0, 0.05) is 6.54 Å². The van der Waals surface area contributed by atoms with Crippen LogP contribution in [0.5, 0.6) is 5.75 Å². The normalized spacial score (nSPS) is 10.8. The number of rotatable bonds is 8. The van der Waals surface area contributed by atoms with E-state index in [0.29, 0.717) is 24.5 Å². The average molecular weight is 337 g/mol. The van der Waals surface area contributed by atoms with Crippen molar-refractivity contribution in [3.05, 3.63) is 28.8 Å². The Morgan fingerprint density at radius 2 is 1.88 bits per heavy atom. The zero-order valence-corrected chi connectivity index (χ0v) is 15.3. The first kappa shape index (κ1) is 20.0. The van der Waals surface area contributed by atoms with Gasteiger partial charge in [0.2, 0.25) is 0 Å². The van der Waals surface area contributed by atoms with Gasteiger partial charge in [0.15, 0.2) is 6.61 Å². The highest BCUT2D eigenvalue weighted by atomic mass is 16.6. The first-order valence-corrected chi connectivity index (χ1v) is 7.92. The topological polar surface area (TPSA) is 65.1 Å². The Labute approximate surface area is 143 Å².